The predicted octanol–water partition coefficient (Wildman–Crippen LogP) is 2.68. The van der Waals surface area contributed by atoms with E-state index >= 15 is 0 Å². The van der Waals surface area contributed by atoms with Crippen molar-refractivity contribution in [3.8, 4) is 0 Å². The highest BCUT2D eigenvalue weighted by Gasteiger charge is 2.22. The zero-order valence-electron chi connectivity index (χ0n) is 16.5. The molecule has 2 heterocycles. The lowest BCUT2D eigenvalue weighted by Gasteiger charge is -2.34. The number of rotatable bonds is 6. The van der Waals surface area contributed by atoms with Gasteiger partial charge in [-0.25, -0.2) is 9.37 Å². The highest BCUT2D eigenvalue weighted by atomic mass is 19.1. The van der Waals surface area contributed by atoms with Crippen molar-refractivity contribution in [1.29, 1.82) is 0 Å². The number of benzene rings is 2. The molecule has 0 atom stereocenters. The predicted molar refractivity (Wildman–Crippen MR) is 110 cm³/mol. The Hall–Kier alpha value is -3.26. The number of carbonyl (C=O) groups excluding carboxylic acids is 2. The van der Waals surface area contributed by atoms with Gasteiger partial charge in [-0.2, -0.15) is 0 Å². The molecule has 0 spiro atoms. The van der Waals surface area contributed by atoms with Crippen molar-refractivity contribution >= 4 is 28.6 Å². The summed E-state index contributed by atoms with van der Waals surface area (Å²) in [4.78, 5) is 32.9. The molecule has 3 aromatic rings. The van der Waals surface area contributed by atoms with Crippen LogP contribution >= 0.6 is 0 Å². The third kappa shape index (κ3) is 5.01. The zero-order valence-corrected chi connectivity index (χ0v) is 16.5. The third-order valence-corrected chi connectivity index (χ3v) is 5.11. The van der Waals surface area contributed by atoms with Crippen molar-refractivity contribution in [2.24, 2.45) is 0 Å². The Morgan fingerprint density at radius 2 is 1.77 bits per heavy atom. The molecular weight excluding hydrogens is 387 g/mol. The average molecular weight is 410 g/mol. The van der Waals surface area contributed by atoms with Crippen molar-refractivity contribution in [3.05, 3.63) is 60.2 Å². The van der Waals surface area contributed by atoms with Gasteiger partial charge in [-0.05, 0) is 36.4 Å². The van der Waals surface area contributed by atoms with Crippen LogP contribution < -0.4 is 5.32 Å². The molecule has 1 saturated heterocycles. The van der Waals surface area contributed by atoms with Crippen LogP contribution in [0.3, 0.4) is 0 Å². The Balaban J connectivity index is 1.20. The van der Waals surface area contributed by atoms with E-state index in [2.05, 4.69) is 10.3 Å². The molecule has 0 saturated carbocycles. The molecular formula is C22H23FN4O3. The second kappa shape index (κ2) is 9.04. The molecule has 4 rings (SSSR count). The number of nitrogens with one attached hydrogen (secondary N) is 1. The number of hydrogen-bond acceptors (Lipinski definition) is 5. The molecule has 1 N–H and O–H groups in total. The summed E-state index contributed by atoms with van der Waals surface area (Å²) in [6.45, 7) is 2.66. The largest absolute Gasteiger partial charge is 0.441 e. The van der Waals surface area contributed by atoms with Gasteiger partial charge in [0.15, 0.2) is 11.5 Å². The van der Waals surface area contributed by atoms with Gasteiger partial charge in [0.1, 0.15) is 11.3 Å². The molecule has 0 aliphatic carbocycles. The summed E-state index contributed by atoms with van der Waals surface area (Å²) in [6.07, 6.45) is 0.811. The number of para-hydroxylation sites is 2. The monoisotopic (exact) mass is 410 g/mol. The number of oxazole rings is 1. The number of fused-ring (bicyclic) bond motifs is 1. The van der Waals surface area contributed by atoms with Crippen LogP contribution in [0.25, 0.3) is 11.1 Å². The van der Waals surface area contributed by atoms with Crippen LogP contribution in [0, 0.1) is 5.82 Å². The van der Waals surface area contributed by atoms with E-state index in [1.54, 1.807) is 0 Å². The maximum atomic E-state index is 12.9. The number of amides is 2. The molecule has 2 aromatic carbocycles. The van der Waals surface area contributed by atoms with Crippen LogP contribution in [0.4, 0.5) is 10.1 Å². The van der Waals surface area contributed by atoms with Crippen molar-refractivity contribution < 1.29 is 18.4 Å². The van der Waals surface area contributed by atoms with E-state index in [0.29, 0.717) is 50.6 Å². The minimum Gasteiger partial charge on any atom is -0.441 e. The smallest absolute Gasteiger partial charge is 0.238 e. The van der Waals surface area contributed by atoms with Gasteiger partial charge in [0.25, 0.3) is 0 Å². The normalized spacial score (nSPS) is 14.8. The fraction of sp³-hybridized carbons (Fsp3) is 0.318. The molecule has 1 fully saturated rings. The lowest BCUT2D eigenvalue weighted by molar-refractivity contribution is -0.133. The number of anilines is 1. The van der Waals surface area contributed by atoms with E-state index in [4.69, 9.17) is 4.42 Å². The van der Waals surface area contributed by atoms with Crippen LogP contribution in [-0.2, 0) is 16.0 Å². The van der Waals surface area contributed by atoms with Crippen molar-refractivity contribution in [2.45, 2.75) is 12.8 Å². The minimum atomic E-state index is -0.343. The highest BCUT2D eigenvalue weighted by molar-refractivity contribution is 5.92. The molecule has 1 aliphatic rings. The topological polar surface area (TPSA) is 78.7 Å². The zero-order chi connectivity index (χ0) is 20.9. The number of hydrogen-bond donors (Lipinski definition) is 1. The minimum absolute atomic E-state index is 0.0627. The van der Waals surface area contributed by atoms with Gasteiger partial charge in [-0.1, -0.05) is 12.1 Å². The van der Waals surface area contributed by atoms with Crippen LogP contribution in [0.5, 0.6) is 0 Å². The maximum Gasteiger partial charge on any atom is 0.238 e. The summed E-state index contributed by atoms with van der Waals surface area (Å²) < 4.78 is 18.6. The molecule has 1 aliphatic heterocycles. The summed E-state index contributed by atoms with van der Waals surface area (Å²) >= 11 is 0. The summed E-state index contributed by atoms with van der Waals surface area (Å²) in [5.41, 5.74) is 2.09. The highest BCUT2D eigenvalue weighted by Crippen LogP contribution is 2.16. The second-order valence-corrected chi connectivity index (χ2v) is 7.29. The number of aryl methyl sites for hydroxylation is 1. The molecule has 1 aromatic heterocycles. The molecule has 7 nitrogen and oxygen atoms in total. The first-order chi connectivity index (χ1) is 14.6. The number of piperazine rings is 1. The third-order valence-electron chi connectivity index (χ3n) is 5.11. The van der Waals surface area contributed by atoms with E-state index in [9.17, 15) is 14.0 Å². The van der Waals surface area contributed by atoms with Gasteiger partial charge in [-0.3, -0.25) is 14.5 Å². The first-order valence-electron chi connectivity index (χ1n) is 9.97. The Kier molecular flexibility index (Phi) is 6.04. The van der Waals surface area contributed by atoms with E-state index in [-0.39, 0.29) is 24.2 Å². The SMILES string of the molecule is O=C(CN1CCN(C(=O)CCc2nc3ccccc3o2)CC1)Nc1ccc(F)cc1. The Bertz CT molecular complexity index is 993. The van der Waals surface area contributed by atoms with Crippen LogP contribution in [-0.4, -0.2) is 59.3 Å². The maximum absolute atomic E-state index is 12.9. The molecule has 8 heteroatoms. The Morgan fingerprint density at radius 3 is 2.50 bits per heavy atom. The van der Waals surface area contributed by atoms with Crippen molar-refractivity contribution in [2.75, 3.05) is 38.0 Å². The quantitative estimate of drug-likeness (QED) is 0.676. The van der Waals surface area contributed by atoms with Crippen LogP contribution in [0.2, 0.25) is 0 Å². The molecule has 30 heavy (non-hydrogen) atoms. The molecule has 0 radical (unpaired) electrons. The molecule has 0 unspecified atom stereocenters. The molecule has 2 amide bonds. The molecule has 0 bridgehead atoms. The Labute approximate surface area is 173 Å². The van der Waals surface area contributed by atoms with Crippen molar-refractivity contribution in [1.82, 2.24) is 14.8 Å². The van der Waals surface area contributed by atoms with Crippen molar-refractivity contribution in [3.63, 3.8) is 0 Å². The van der Waals surface area contributed by atoms with E-state index in [1.165, 1.54) is 24.3 Å². The number of aromatic nitrogens is 1. The van der Waals surface area contributed by atoms with Gasteiger partial charge >= 0.3 is 0 Å². The summed E-state index contributed by atoms with van der Waals surface area (Å²) in [6, 6.07) is 13.2. The lowest BCUT2D eigenvalue weighted by Crippen LogP contribution is -2.50. The first-order valence-corrected chi connectivity index (χ1v) is 9.97. The standard InChI is InChI=1S/C22H23FN4O3/c23-16-5-7-17(8-6-16)24-20(28)15-26-11-13-27(14-12-26)22(29)10-9-21-25-18-3-1-2-4-19(18)30-21/h1-8H,9-15H2,(H,24,28). The molecule has 156 valence electrons. The van der Waals surface area contributed by atoms with E-state index in [0.717, 1.165) is 11.1 Å². The van der Waals surface area contributed by atoms with Crippen LogP contribution in [0.1, 0.15) is 12.3 Å². The number of carbonyl (C=O) groups is 2. The first kappa shape index (κ1) is 20.0. The lowest BCUT2D eigenvalue weighted by atomic mass is 10.2. The van der Waals surface area contributed by atoms with Gasteiger partial charge in [0, 0.05) is 44.7 Å². The number of nitrogens with zero attached hydrogens (tertiary/aromatic N) is 3. The number of halogens is 1. The van der Waals surface area contributed by atoms with Gasteiger partial charge in [-0.15, -0.1) is 0 Å². The summed E-state index contributed by atoms with van der Waals surface area (Å²) in [7, 11) is 0. The average Bonchev–Trinajstić information content (AvgIpc) is 3.17. The van der Waals surface area contributed by atoms with E-state index in [1.807, 2.05) is 34.1 Å². The Morgan fingerprint density at radius 1 is 1.03 bits per heavy atom. The van der Waals surface area contributed by atoms with Gasteiger partial charge in [0.05, 0.1) is 6.54 Å². The fourth-order valence-electron chi connectivity index (χ4n) is 3.49. The summed E-state index contributed by atoms with van der Waals surface area (Å²) in [5, 5.41) is 2.75. The van der Waals surface area contributed by atoms with Gasteiger partial charge in [0.2, 0.25) is 11.8 Å². The summed E-state index contributed by atoms with van der Waals surface area (Å²) in [5.74, 6) is 0.135. The van der Waals surface area contributed by atoms with Gasteiger partial charge < -0.3 is 14.6 Å². The van der Waals surface area contributed by atoms with Crippen LogP contribution in [0.15, 0.2) is 52.9 Å². The van der Waals surface area contributed by atoms with E-state index < -0.39 is 0 Å². The fourth-order valence-corrected chi connectivity index (χ4v) is 3.49. The second-order valence-electron chi connectivity index (χ2n) is 7.29.